The fourth-order valence-corrected chi connectivity index (χ4v) is 10.7. The van der Waals surface area contributed by atoms with Crippen molar-refractivity contribution in [3.63, 3.8) is 0 Å². The molecule has 62 heavy (non-hydrogen) atoms. The van der Waals surface area contributed by atoms with Gasteiger partial charge in [0.15, 0.2) is 5.82 Å². The minimum absolute atomic E-state index is 0.102. The molecule has 2 N–H and O–H groups in total. The van der Waals surface area contributed by atoms with Gasteiger partial charge < -0.3 is 15.0 Å². The minimum atomic E-state index is -4.27. The molecule has 0 bridgehead atoms. The Hall–Kier alpha value is -4.77. The van der Waals surface area contributed by atoms with E-state index in [1.54, 1.807) is 11.8 Å². The summed E-state index contributed by atoms with van der Waals surface area (Å²) < 4.78 is 35.8. The van der Waals surface area contributed by atoms with Crippen molar-refractivity contribution < 1.29 is 18.1 Å². The molecule has 0 amide bonds. The van der Waals surface area contributed by atoms with E-state index >= 15 is 0 Å². The van der Waals surface area contributed by atoms with E-state index in [2.05, 4.69) is 46.8 Å². The predicted octanol–water partition coefficient (Wildman–Crippen LogP) is 8.83. The highest BCUT2D eigenvalue weighted by Gasteiger charge is 2.26. The Labute approximate surface area is 373 Å². The van der Waals surface area contributed by atoms with Gasteiger partial charge in [-0.3, -0.25) is 24.6 Å². The molecule has 2 saturated heterocycles. The van der Waals surface area contributed by atoms with Crippen molar-refractivity contribution in [1.29, 1.82) is 0 Å². The van der Waals surface area contributed by atoms with Gasteiger partial charge >= 0.3 is 0 Å². The number of morpholine rings is 1. The molecule has 16 heteroatoms. The zero-order valence-corrected chi connectivity index (χ0v) is 37.1. The summed E-state index contributed by atoms with van der Waals surface area (Å²) in [5.74, 6) is 0.766. The minimum Gasteiger partial charge on any atom is -0.379 e. The first-order valence-electron chi connectivity index (χ1n) is 21.4. The maximum atomic E-state index is 13.9. The number of anilines is 3. The monoisotopic (exact) mass is 896 g/mol. The number of benzene rings is 4. The lowest BCUT2D eigenvalue weighted by molar-refractivity contribution is -0.384. The van der Waals surface area contributed by atoms with Crippen LogP contribution in [-0.2, 0) is 14.8 Å². The molecule has 1 aliphatic carbocycles. The van der Waals surface area contributed by atoms with Gasteiger partial charge in [-0.1, -0.05) is 53.9 Å². The summed E-state index contributed by atoms with van der Waals surface area (Å²) in [4.78, 5) is 28.8. The third kappa shape index (κ3) is 11.2. The zero-order valence-electron chi connectivity index (χ0n) is 34.8. The molecule has 0 unspecified atom stereocenters. The van der Waals surface area contributed by atoms with Crippen LogP contribution in [0.5, 0.6) is 0 Å². The topological polar surface area (TPSA) is 146 Å². The van der Waals surface area contributed by atoms with Gasteiger partial charge in [0, 0.05) is 91.2 Å². The maximum Gasteiger partial charge on any atom is 0.293 e. The van der Waals surface area contributed by atoms with E-state index in [0.29, 0.717) is 29.9 Å². The van der Waals surface area contributed by atoms with Crippen LogP contribution in [0.15, 0.2) is 113 Å². The van der Waals surface area contributed by atoms with Gasteiger partial charge in [0.25, 0.3) is 15.7 Å². The van der Waals surface area contributed by atoms with Gasteiger partial charge in [0.1, 0.15) is 12.0 Å². The molecule has 3 heterocycles. The van der Waals surface area contributed by atoms with Crippen LogP contribution in [0.25, 0.3) is 16.5 Å². The van der Waals surface area contributed by atoms with Crippen LogP contribution in [-0.4, -0.2) is 110 Å². The number of allylic oxidation sites excluding steroid dienone is 1. The molecule has 0 radical (unpaired) electrons. The van der Waals surface area contributed by atoms with E-state index < -0.39 is 14.9 Å². The number of ether oxygens (including phenoxy) is 1. The molecule has 5 aromatic rings. The zero-order chi connectivity index (χ0) is 42.9. The first-order chi connectivity index (χ1) is 30.2. The number of nitrogens with one attached hydrogen (secondary N) is 2. The molecule has 0 saturated carbocycles. The molecule has 326 valence electrons. The third-order valence-electron chi connectivity index (χ3n) is 12.0. The molecular formula is C46H53ClN8O5S2. The van der Waals surface area contributed by atoms with E-state index in [9.17, 15) is 18.5 Å². The predicted molar refractivity (Wildman–Crippen MR) is 250 cm³/mol. The van der Waals surface area contributed by atoms with Crippen LogP contribution in [0.4, 0.5) is 22.9 Å². The van der Waals surface area contributed by atoms with Gasteiger partial charge in [-0.15, -0.1) is 11.8 Å². The number of piperazine rings is 1. The molecule has 1 aromatic heterocycles. The number of nitro groups is 1. The van der Waals surface area contributed by atoms with E-state index in [4.69, 9.17) is 16.3 Å². The Morgan fingerprint density at radius 3 is 2.40 bits per heavy atom. The lowest BCUT2D eigenvalue weighted by atomic mass is 9.95. The number of aromatic nitrogens is 2. The Bertz CT molecular complexity index is 2460. The van der Waals surface area contributed by atoms with Gasteiger partial charge in [0.2, 0.25) is 0 Å². The molecule has 3 aliphatic rings. The van der Waals surface area contributed by atoms with E-state index in [1.807, 2.05) is 60.7 Å². The summed E-state index contributed by atoms with van der Waals surface area (Å²) >= 11 is 7.88. The maximum absolute atomic E-state index is 13.9. The van der Waals surface area contributed by atoms with E-state index in [0.717, 1.165) is 93.3 Å². The summed E-state index contributed by atoms with van der Waals surface area (Å²) in [5.41, 5.74) is 5.84. The molecule has 2 aliphatic heterocycles. The highest BCUT2D eigenvalue weighted by molar-refractivity contribution is 7.99. The van der Waals surface area contributed by atoms with Crippen molar-refractivity contribution in [1.82, 2.24) is 19.8 Å². The van der Waals surface area contributed by atoms with Crippen LogP contribution < -0.4 is 14.9 Å². The normalized spacial score (nSPS) is 17.5. The second-order valence-corrected chi connectivity index (χ2v) is 19.3. The highest BCUT2D eigenvalue weighted by Crippen LogP contribution is 2.35. The largest absolute Gasteiger partial charge is 0.379 e. The number of nitrogens with zero attached hydrogens (tertiary/aromatic N) is 6. The number of rotatable bonds is 16. The molecule has 4 aromatic carbocycles. The average Bonchev–Trinajstić information content (AvgIpc) is 3.53. The smallest absolute Gasteiger partial charge is 0.293 e. The number of halogens is 1. The van der Waals surface area contributed by atoms with Gasteiger partial charge in [-0.05, 0) is 97.8 Å². The van der Waals surface area contributed by atoms with Crippen molar-refractivity contribution in [2.45, 2.75) is 54.4 Å². The number of hydrogen-bond acceptors (Lipinski definition) is 12. The first kappa shape index (κ1) is 43.9. The van der Waals surface area contributed by atoms with Crippen molar-refractivity contribution in [3.05, 3.63) is 124 Å². The number of nitro benzene ring substituents is 1. The number of sulfonamides is 1. The number of fused-ring (bicyclic) bond motifs is 1. The Balaban J connectivity index is 0.934. The highest BCUT2D eigenvalue weighted by atomic mass is 35.5. The van der Waals surface area contributed by atoms with E-state index in [-0.39, 0.29) is 28.1 Å². The summed E-state index contributed by atoms with van der Waals surface area (Å²) in [6.45, 7) is 8.36. The fourth-order valence-electron chi connectivity index (χ4n) is 8.51. The van der Waals surface area contributed by atoms with Crippen molar-refractivity contribution in [2.75, 3.05) is 86.3 Å². The van der Waals surface area contributed by atoms with Crippen LogP contribution in [0.2, 0.25) is 5.02 Å². The molecule has 8 rings (SSSR count). The van der Waals surface area contributed by atoms with Crippen LogP contribution in [0.3, 0.4) is 0 Å². The van der Waals surface area contributed by atoms with Gasteiger partial charge in [0.05, 0.1) is 28.5 Å². The lowest BCUT2D eigenvalue weighted by Gasteiger charge is -2.37. The molecule has 2 fully saturated rings. The average molecular weight is 898 g/mol. The van der Waals surface area contributed by atoms with Crippen molar-refractivity contribution in [2.24, 2.45) is 0 Å². The first-order valence-corrected chi connectivity index (χ1v) is 24.3. The van der Waals surface area contributed by atoms with Crippen LogP contribution in [0.1, 0.15) is 44.1 Å². The Morgan fingerprint density at radius 1 is 0.855 bits per heavy atom. The standard InChI is InChI=1S/C46H53ClN8O5S2/c47-36-13-11-34(12-14-36)41-10-6-1-3-7-35(41)31-53-21-23-54(24-22-53)38-15-17-42-44(29-38)48-33-49-46(42)51-62(58,59)40-16-18-43(45(30-40)55(56)57)50-37(19-20-52-25-27-60-28-26-52)32-61-39-8-4-2-5-9-39/h2,4-5,8-9,11-18,29-30,33,37,50H,1,3,6-7,10,19-28,31-32H2,(H,48,49,51)/t37-/m1/s1. The third-order valence-corrected chi connectivity index (χ3v) is 14.7. The van der Waals surface area contributed by atoms with Gasteiger partial charge in [-0.25, -0.2) is 18.4 Å². The molecule has 13 nitrogen and oxygen atoms in total. The van der Waals surface area contributed by atoms with Gasteiger partial charge in [-0.2, -0.15) is 0 Å². The van der Waals surface area contributed by atoms with Crippen molar-refractivity contribution >= 4 is 72.7 Å². The summed E-state index contributed by atoms with van der Waals surface area (Å²) in [7, 11) is -4.27. The molecule has 1 atom stereocenters. The fraction of sp³-hybridized carbons (Fsp3) is 0.391. The second-order valence-electron chi connectivity index (χ2n) is 16.1. The Kier molecular flexibility index (Phi) is 14.6. The SMILES string of the molecule is O=[N+]([O-])c1cc(S(=O)(=O)Nc2ncnc3cc(N4CCN(CC5=C(c6ccc(Cl)cc6)CCCCC5)CC4)ccc23)ccc1N[C@H](CCN1CCOCC1)CSc1ccccc1. The molecular weight excluding hydrogens is 844 g/mol. The summed E-state index contributed by atoms with van der Waals surface area (Å²) in [5, 5.41) is 17.1. The van der Waals surface area contributed by atoms with E-state index in [1.165, 1.54) is 54.4 Å². The summed E-state index contributed by atoms with van der Waals surface area (Å²) in [6.07, 6.45) is 7.98. The summed E-state index contributed by atoms with van der Waals surface area (Å²) in [6, 6.07) is 27.9. The lowest BCUT2D eigenvalue weighted by Crippen LogP contribution is -2.47. The van der Waals surface area contributed by atoms with Crippen LogP contribution >= 0.6 is 23.4 Å². The van der Waals surface area contributed by atoms with Crippen LogP contribution in [0, 0.1) is 10.1 Å². The molecule has 0 spiro atoms. The Morgan fingerprint density at radius 2 is 1.63 bits per heavy atom. The number of thioether (sulfide) groups is 1. The quantitative estimate of drug-likeness (QED) is 0.0555. The number of hydrogen-bond donors (Lipinski definition) is 2. The second kappa shape index (κ2) is 20.6. The van der Waals surface area contributed by atoms with Crippen molar-refractivity contribution in [3.8, 4) is 0 Å².